The van der Waals surface area contributed by atoms with Gasteiger partial charge in [-0.3, -0.25) is 4.79 Å². The lowest BCUT2D eigenvalue weighted by atomic mass is 9.95. The normalized spacial score (nSPS) is 15.4. The number of anilines is 2. The fraction of sp³-hybridized carbons (Fsp3) is 0.350. The van der Waals surface area contributed by atoms with Crippen LogP contribution in [0.25, 0.3) is 0 Å². The van der Waals surface area contributed by atoms with Gasteiger partial charge in [-0.1, -0.05) is 29.8 Å². The van der Waals surface area contributed by atoms with Gasteiger partial charge in [-0.05, 0) is 62.1 Å². The third-order valence-corrected chi connectivity index (χ3v) is 5.14. The van der Waals surface area contributed by atoms with Crippen LogP contribution in [0.15, 0.2) is 42.5 Å². The van der Waals surface area contributed by atoms with Gasteiger partial charge in [0.1, 0.15) is 0 Å². The molecule has 0 unspecified atom stereocenters. The topological polar surface area (TPSA) is 32.3 Å². The van der Waals surface area contributed by atoms with E-state index in [0.29, 0.717) is 0 Å². The largest absolute Gasteiger partial charge is 0.371 e. The molecule has 4 heteroatoms. The highest BCUT2D eigenvalue weighted by Crippen LogP contribution is 2.27. The molecule has 1 aliphatic heterocycles. The molecule has 0 bridgehead atoms. The van der Waals surface area contributed by atoms with Crippen LogP contribution in [0.1, 0.15) is 24.0 Å². The number of amides is 1. The van der Waals surface area contributed by atoms with Crippen molar-refractivity contribution in [3.05, 3.63) is 58.6 Å². The third kappa shape index (κ3) is 3.73. The maximum absolute atomic E-state index is 12.6. The number of nitrogens with one attached hydrogen (secondary N) is 1. The number of aryl methyl sites for hydroxylation is 1. The quantitative estimate of drug-likeness (QED) is 0.868. The Labute approximate surface area is 148 Å². The zero-order valence-corrected chi connectivity index (χ0v) is 14.9. The molecule has 3 rings (SSSR count). The Bertz CT molecular complexity index is 736. The number of hydrogen-bond acceptors (Lipinski definition) is 2. The van der Waals surface area contributed by atoms with Gasteiger partial charge in [-0.15, -0.1) is 0 Å². The Morgan fingerprint density at radius 1 is 1.12 bits per heavy atom. The molecular formula is C20H23ClN2O. The monoisotopic (exact) mass is 342 g/mol. The highest BCUT2D eigenvalue weighted by atomic mass is 35.5. The van der Waals surface area contributed by atoms with Gasteiger partial charge in [0.2, 0.25) is 5.91 Å². The molecule has 1 aliphatic rings. The molecule has 1 fully saturated rings. The summed E-state index contributed by atoms with van der Waals surface area (Å²) in [6.07, 6.45) is 1.73. The van der Waals surface area contributed by atoms with Crippen molar-refractivity contribution in [2.75, 3.05) is 23.3 Å². The summed E-state index contributed by atoms with van der Waals surface area (Å²) >= 11 is 6.07. The number of carbonyl (C=O) groups excluding carboxylic acids is 1. The minimum atomic E-state index is 0.0698. The predicted molar refractivity (Wildman–Crippen MR) is 101 cm³/mol. The van der Waals surface area contributed by atoms with E-state index < -0.39 is 0 Å². The molecule has 0 saturated carbocycles. The van der Waals surface area contributed by atoms with Crippen LogP contribution in [0.2, 0.25) is 5.02 Å². The Hall–Kier alpha value is -2.00. The van der Waals surface area contributed by atoms with Gasteiger partial charge in [-0.2, -0.15) is 0 Å². The molecule has 1 heterocycles. The first kappa shape index (κ1) is 16.8. The van der Waals surface area contributed by atoms with Crippen LogP contribution in [-0.2, 0) is 4.79 Å². The Balaban J connectivity index is 1.60. The fourth-order valence-corrected chi connectivity index (χ4v) is 3.38. The van der Waals surface area contributed by atoms with E-state index in [2.05, 4.69) is 29.3 Å². The Morgan fingerprint density at radius 3 is 2.54 bits per heavy atom. The minimum Gasteiger partial charge on any atom is -0.371 e. The number of halogens is 1. The molecule has 126 valence electrons. The van der Waals surface area contributed by atoms with E-state index in [1.54, 1.807) is 0 Å². The second-order valence-electron chi connectivity index (χ2n) is 6.48. The molecule has 2 aromatic carbocycles. The Kier molecular flexibility index (Phi) is 5.10. The lowest BCUT2D eigenvalue weighted by Crippen LogP contribution is -2.38. The van der Waals surface area contributed by atoms with Gasteiger partial charge < -0.3 is 10.2 Å². The molecule has 3 nitrogen and oxygen atoms in total. The summed E-state index contributed by atoms with van der Waals surface area (Å²) in [6.45, 7) is 5.87. The van der Waals surface area contributed by atoms with Crippen LogP contribution in [0, 0.1) is 19.8 Å². The van der Waals surface area contributed by atoms with Gasteiger partial charge >= 0.3 is 0 Å². The van der Waals surface area contributed by atoms with Crippen LogP contribution >= 0.6 is 11.6 Å². The molecule has 1 amide bonds. The third-order valence-electron chi connectivity index (χ3n) is 4.90. The van der Waals surface area contributed by atoms with Crippen molar-refractivity contribution < 1.29 is 4.79 Å². The van der Waals surface area contributed by atoms with Crippen LogP contribution in [-0.4, -0.2) is 19.0 Å². The molecular weight excluding hydrogens is 320 g/mol. The van der Waals surface area contributed by atoms with Crippen molar-refractivity contribution >= 4 is 28.9 Å². The number of rotatable bonds is 3. The fourth-order valence-electron chi connectivity index (χ4n) is 3.19. The highest BCUT2D eigenvalue weighted by molar-refractivity contribution is 6.30. The smallest absolute Gasteiger partial charge is 0.227 e. The molecule has 0 radical (unpaired) electrons. The van der Waals surface area contributed by atoms with Gasteiger partial charge in [0.25, 0.3) is 0 Å². The summed E-state index contributed by atoms with van der Waals surface area (Å²) in [4.78, 5) is 14.9. The standard InChI is InChI=1S/C20H23ClN2O/c1-14-5-3-8-19(15(14)2)22-20(24)16-9-11-23(12-10-16)18-7-4-6-17(21)13-18/h3-8,13,16H,9-12H2,1-2H3,(H,22,24). The Morgan fingerprint density at radius 2 is 1.83 bits per heavy atom. The zero-order valence-electron chi connectivity index (χ0n) is 14.2. The lowest BCUT2D eigenvalue weighted by Gasteiger charge is -2.33. The summed E-state index contributed by atoms with van der Waals surface area (Å²) in [6, 6.07) is 13.9. The molecule has 0 atom stereocenters. The highest BCUT2D eigenvalue weighted by Gasteiger charge is 2.25. The molecule has 0 aliphatic carbocycles. The van der Waals surface area contributed by atoms with Crippen LogP contribution < -0.4 is 10.2 Å². The van der Waals surface area contributed by atoms with E-state index in [-0.39, 0.29) is 11.8 Å². The minimum absolute atomic E-state index is 0.0698. The summed E-state index contributed by atoms with van der Waals surface area (Å²) in [5, 5.41) is 3.86. The van der Waals surface area contributed by atoms with Crippen molar-refractivity contribution in [2.24, 2.45) is 5.92 Å². The average molecular weight is 343 g/mol. The van der Waals surface area contributed by atoms with Crippen LogP contribution in [0.5, 0.6) is 0 Å². The number of benzene rings is 2. The van der Waals surface area contributed by atoms with E-state index in [0.717, 1.165) is 47.9 Å². The predicted octanol–water partition coefficient (Wildman–Crippen LogP) is 4.81. The van der Waals surface area contributed by atoms with E-state index in [1.807, 2.05) is 37.3 Å². The maximum atomic E-state index is 12.6. The first-order chi connectivity index (χ1) is 11.5. The van der Waals surface area contributed by atoms with Crippen molar-refractivity contribution in [1.82, 2.24) is 0 Å². The van der Waals surface area contributed by atoms with Gasteiger partial charge in [0.15, 0.2) is 0 Å². The van der Waals surface area contributed by atoms with Gasteiger partial charge in [0.05, 0.1) is 0 Å². The van der Waals surface area contributed by atoms with Gasteiger partial charge in [0, 0.05) is 35.4 Å². The number of nitrogens with zero attached hydrogens (tertiary/aromatic N) is 1. The summed E-state index contributed by atoms with van der Waals surface area (Å²) < 4.78 is 0. The number of carbonyl (C=O) groups is 1. The molecule has 1 N–H and O–H groups in total. The van der Waals surface area contributed by atoms with Crippen LogP contribution in [0.3, 0.4) is 0 Å². The van der Waals surface area contributed by atoms with Crippen LogP contribution in [0.4, 0.5) is 11.4 Å². The molecule has 1 saturated heterocycles. The summed E-state index contributed by atoms with van der Waals surface area (Å²) in [5.74, 6) is 0.204. The number of piperidine rings is 1. The maximum Gasteiger partial charge on any atom is 0.227 e. The molecule has 0 aromatic heterocycles. The first-order valence-electron chi connectivity index (χ1n) is 8.42. The average Bonchev–Trinajstić information content (AvgIpc) is 2.59. The summed E-state index contributed by atoms with van der Waals surface area (Å²) in [5.41, 5.74) is 4.40. The number of hydrogen-bond donors (Lipinski definition) is 1. The van der Waals surface area contributed by atoms with Gasteiger partial charge in [-0.25, -0.2) is 0 Å². The lowest BCUT2D eigenvalue weighted by molar-refractivity contribution is -0.120. The van der Waals surface area contributed by atoms with E-state index in [1.165, 1.54) is 5.56 Å². The van der Waals surface area contributed by atoms with E-state index >= 15 is 0 Å². The second kappa shape index (κ2) is 7.27. The first-order valence-corrected chi connectivity index (χ1v) is 8.80. The van der Waals surface area contributed by atoms with Crippen molar-refractivity contribution in [1.29, 1.82) is 0 Å². The second-order valence-corrected chi connectivity index (χ2v) is 6.91. The molecule has 2 aromatic rings. The molecule has 24 heavy (non-hydrogen) atoms. The van der Waals surface area contributed by atoms with Crippen molar-refractivity contribution in [2.45, 2.75) is 26.7 Å². The van der Waals surface area contributed by atoms with E-state index in [9.17, 15) is 4.79 Å². The zero-order chi connectivity index (χ0) is 17.1. The summed E-state index contributed by atoms with van der Waals surface area (Å²) in [7, 11) is 0. The SMILES string of the molecule is Cc1cccc(NC(=O)C2CCN(c3cccc(Cl)c3)CC2)c1C. The van der Waals surface area contributed by atoms with Crippen molar-refractivity contribution in [3.63, 3.8) is 0 Å². The van der Waals surface area contributed by atoms with E-state index in [4.69, 9.17) is 11.6 Å². The molecule has 0 spiro atoms. The van der Waals surface area contributed by atoms with Crippen molar-refractivity contribution in [3.8, 4) is 0 Å².